The molecule has 3 aromatic rings. The molecule has 2 aromatic carbocycles. The van der Waals surface area contributed by atoms with E-state index in [9.17, 15) is 22.4 Å². The zero-order chi connectivity index (χ0) is 21.9. The second-order valence-corrected chi connectivity index (χ2v) is 6.11. The number of aromatic nitrogens is 1. The summed E-state index contributed by atoms with van der Waals surface area (Å²) in [4.78, 5) is 16.4. The van der Waals surface area contributed by atoms with Gasteiger partial charge >= 0.3 is 6.36 Å². The number of benzene rings is 2. The number of carbonyl (C=O) groups is 1. The van der Waals surface area contributed by atoms with Crippen LogP contribution in [0.2, 0.25) is 0 Å². The number of nitrogens with one attached hydrogen (secondary N) is 1. The first kappa shape index (κ1) is 20.9. The van der Waals surface area contributed by atoms with Gasteiger partial charge in [-0.1, -0.05) is 6.07 Å². The number of pyridine rings is 1. The summed E-state index contributed by atoms with van der Waals surface area (Å²) in [7, 11) is 0. The third-order valence-electron chi connectivity index (χ3n) is 3.76. The van der Waals surface area contributed by atoms with Crippen LogP contribution in [0.15, 0.2) is 54.6 Å². The standard InChI is InChI=1S/C20H15F4N3O3/c1-11-5-7-15(18(25)26-11)19(28)27-12-3-2-4-13(9-12)29-17-10-14(6-8-16(17)21)30-20(22,23)24/h2-10H,1H3,(H2,25,26)(H,27,28). The minimum atomic E-state index is -4.92. The summed E-state index contributed by atoms with van der Waals surface area (Å²) in [5.74, 6) is -2.39. The molecule has 10 heteroatoms. The molecule has 0 aliphatic carbocycles. The molecule has 0 aliphatic heterocycles. The van der Waals surface area contributed by atoms with Crippen LogP contribution in [0, 0.1) is 12.7 Å². The van der Waals surface area contributed by atoms with E-state index < -0.39 is 29.6 Å². The van der Waals surface area contributed by atoms with E-state index in [0.29, 0.717) is 11.4 Å². The number of nitrogen functional groups attached to an aromatic ring is 1. The Morgan fingerprint density at radius 2 is 1.83 bits per heavy atom. The van der Waals surface area contributed by atoms with Crippen LogP contribution in [0.3, 0.4) is 0 Å². The number of halogens is 4. The summed E-state index contributed by atoms with van der Waals surface area (Å²) in [6, 6.07) is 11.4. The molecule has 0 atom stereocenters. The first-order valence-corrected chi connectivity index (χ1v) is 8.48. The highest BCUT2D eigenvalue weighted by atomic mass is 19.4. The summed E-state index contributed by atoms with van der Waals surface area (Å²) in [5, 5.41) is 2.60. The number of amides is 1. The van der Waals surface area contributed by atoms with Crippen molar-refractivity contribution in [2.75, 3.05) is 11.1 Å². The topological polar surface area (TPSA) is 86.5 Å². The van der Waals surface area contributed by atoms with E-state index in [-0.39, 0.29) is 17.1 Å². The van der Waals surface area contributed by atoms with E-state index >= 15 is 0 Å². The number of hydrogen-bond acceptors (Lipinski definition) is 5. The number of anilines is 2. The number of ether oxygens (including phenoxy) is 2. The fourth-order valence-electron chi connectivity index (χ4n) is 2.49. The van der Waals surface area contributed by atoms with Crippen LogP contribution in [0.4, 0.5) is 29.1 Å². The van der Waals surface area contributed by atoms with Crippen molar-refractivity contribution >= 4 is 17.4 Å². The minimum Gasteiger partial charge on any atom is -0.454 e. The lowest BCUT2D eigenvalue weighted by atomic mass is 10.2. The van der Waals surface area contributed by atoms with Crippen molar-refractivity contribution in [1.29, 1.82) is 0 Å². The van der Waals surface area contributed by atoms with Gasteiger partial charge in [-0.2, -0.15) is 0 Å². The Morgan fingerprint density at radius 1 is 1.07 bits per heavy atom. The molecule has 0 saturated carbocycles. The average Bonchev–Trinajstić information content (AvgIpc) is 2.63. The number of hydrogen-bond donors (Lipinski definition) is 2. The van der Waals surface area contributed by atoms with Gasteiger partial charge in [-0.3, -0.25) is 4.79 Å². The van der Waals surface area contributed by atoms with Crippen LogP contribution in [0.1, 0.15) is 16.1 Å². The average molecular weight is 421 g/mol. The number of rotatable bonds is 5. The van der Waals surface area contributed by atoms with E-state index in [1.165, 1.54) is 24.3 Å². The summed E-state index contributed by atoms with van der Waals surface area (Å²) in [6.45, 7) is 1.73. The lowest BCUT2D eigenvalue weighted by Crippen LogP contribution is -2.17. The molecule has 6 nitrogen and oxygen atoms in total. The zero-order valence-electron chi connectivity index (χ0n) is 15.5. The molecule has 3 N–H and O–H groups in total. The number of aryl methyl sites for hydroxylation is 1. The van der Waals surface area contributed by atoms with E-state index in [4.69, 9.17) is 10.5 Å². The maximum atomic E-state index is 13.9. The van der Waals surface area contributed by atoms with Crippen LogP contribution < -0.4 is 20.5 Å². The molecular formula is C20H15F4N3O3. The van der Waals surface area contributed by atoms with E-state index in [0.717, 1.165) is 18.2 Å². The third-order valence-corrected chi connectivity index (χ3v) is 3.76. The van der Waals surface area contributed by atoms with Crippen LogP contribution in [-0.4, -0.2) is 17.3 Å². The Bertz CT molecular complexity index is 1090. The Balaban J connectivity index is 1.77. The van der Waals surface area contributed by atoms with Crippen LogP contribution >= 0.6 is 0 Å². The molecule has 30 heavy (non-hydrogen) atoms. The number of nitrogens with zero attached hydrogens (tertiary/aromatic N) is 1. The molecular weight excluding hydrogens is 406 g/mol. The van der Waals surface area contributed by atoms with E-state index in [2.05, 4.69) is 15.0 Å². The van der Waals surface area contributed by atoms with E-state index in [1.807, 2.05) is 0 Å². The van der Waals surface area contributed by atoms with Gasteiger partial charge in [0.1, 0.15) is 17.3 Å². The molecule has 0 aliphatic rings. The first-order chi connectivity index (χ1) is 14.1. The van der Waals surface area contributed by atoms with Crippen molar-refractivity contribution < 1.29 is 31.8 Å². The fraction of sp³-hybridized carbons (Fsp3) is 0.100. The molecule has 0 saturated heterocycles. The molecule has 0 bridgehead atoms. The van der Waals surface area contributed by atoms with Gasteiger partial charge in [0, 0.05) is 23.5 Å². The molecule has 0 fully saturated rings. The molecule has 0 unspecified atom stereocenters. The Kier molecular flexibility index (Phi) is 5.77. The molecule has 1 amide bonds. The first-order valence-electron chi connectivity index (χ1n) is 8.48. The Labute approximate surface area is 168 Å². The number of nitrogens with two attached hydrogens (primary N) is 1. The van der Waals surface area contributed by atoms with Gasteiger partial charge in [-0.25, -0.2) is 9.37 Å². The molecule has 0 spiro atoms. The van der Waals surface area contributed by atoms with E-state index in [1.54, 1.807) is 19.1 Å². The normalized spacial score (nSPS) is 11.1. The van der Waals surface area contributed by atoms with Crippen molar-refractivity contribution in [3.8, 4) is 17.2 Å². The van der Waals surface area contributed by atoms with Gasteiger partial charge in [0.05, 0.1) is 5.56 Å². The lowest BCUT2D eigenvalue weighted by Gasteiger charge is -2.12. The molecule has 156 valence electrons. The van der Waals surface area contributed by atoms with Crippen molar-refractivity contribution in [2.24, 2.45) is 0 Å². The molecule has 1 heterocycles. The number of carbonyl (C=O) groups excluding carboxylic acids is 1. The minimum absolute atomic E-state index is 0.0588. The highest BCUT2D eigenvalue weighted by Gasteiger charge is 2.31. The summed E-state index contributed by atoms with van der Waals surface area (Å²) < 4.78 is 60.1. The zero-order valence-corrected chi connectivity index (χ0v) is 15.5. The lowest BCUT2D eigenvalue weighted by molar-refractivity contribution is -0.274. The third kappa shape index (κ3) is 5.37. The van der Waals surface area contributed by atoms with Crippen LogP contribution in [0.5, 0.6) is 17.2 Å². The predicted molar refractivity (Wildman–Crippen MR) is 101 cm³/mol. The summed E-state index contributed by atoms with van der Waals surface area (Å²) in [6.07, 6.45) is -4.92. The number of alkyl halides is 3. The second-order valence-electron chi connectivity index (χ2n) is 6.11. The molecule has 3 rings (SSSR count). The van der Waals surface area contributed by atoms with Crippen LogP contribution in [-0.2, 0) is 0 Å². The van der Waals surface area contributed by atoms with Gasteiger partial charge < -0.3 is 20.5 Å². The van der Waals surface area contributed by atoms with Crippen molar-refractivity contribution in [3.63, 3.8) is 0 Å². The maximum absolute atomic E-state index is 13.9. The quantitative estimate of drug-likeness (QED) is 0.563. The monoisotopic (exact) mass is 421 g/mol. The van der Waals surface area contributed by atoms with Gasteiger partial charge in [-0.15, -0.1) is 13.2 Å². The predicted octanol–water partition coefficient (Wildman–Crippen LogP) is 5.05. The van der Waals surface area contributed by atoms with Crippen molar-refractivity contribution in [3.05, 3.63) is 71.7 Å². The SMILES string of the molecule is Cc1ccc(C(=O)Nc2cccc(Oc3cc(OC(F)(F)F)ccc3F)c2)c(N)n1. The molecule has 1 aromatic heterocycles. The van der Waals surface area contributed by atoms with Crippen molar-refractivity contribution in [1.82, 2.24) is 4.98 Å². The molecule has 0 radical (unpaired) electrons. The second kappa shape index (κ2) is 8.27. The fourth-order valence-corrected chi connectivity index (χ4v) is 2.49. The maximum Gasteiger partial charge on any atom is 0.573 e. The largest absolute Gasteiger partial charge is 0.573 e. The van der Waals surface area contributed by atoms with Crippen LogP contribution in [0.25, 0.3) is 0 Å². The van der Waals surface area contributed by atoms with Gasteiger partial charge in [-0.05, 0) is 43.3 Å². The summed E-state index contributed by atoms with van der Waals surface area (Å²) in [5.41, 5.74) is 6.86. The van der Waals surface area contributed by atoms with Gasteiger partial charge in [0.15, 0.2) is 11.6 Å². The van der Waals surface area contributed by atoms with Gasteiger partial charge in [0.2, 0.25) is 0 Å². The summed E-state index contributed by atoms with van der Waals surface area (Å²) >= 11 is 0. The Morgan fingerprint density at radius 3 is 2.53 bits per heavy atom. The smallest absolute Gasteiger partial charge is 0.454 e. The Hall–Kier alpha value is -3.82. The van der Waals surface area contributed by atoms with Gasteiger partial charge in [0.25, 0.3) is 5.91 Å². The highest BCUT2D eigenvalue weighted by molar-refractivity contribution is 6.07. The van der Waals surface area contributed by atoms with Crippen molar-refractivity contribution in [2.45, 2.75) is 13.3 Å². The highest BCUT2D eigenvalue weighted by Crippen LogP contribution is 2.32.